The highest BCUT2D eigenvalue weighted by Gasteiger charge is 2.31. The van der Waals surface area contributed by atoms with Crippen molar-refractivity contribution >= 4 is 0 Å². The highest BCUT2D eigenvalue weighted by atomic mass is 15.1. The van der Waals surface area contributed by atoms with Gasteiger partial charge in [0.2, 0.25) is 0 Å². The van der Waals surface area contributed by atoms with Gasteiger partial charge in [0.05, 0.1) is 0 Å². The molecule has 2 nitrogen and oxygen atoms in total. The molecule has 3 rings (SSSR count). The average Bonchev–Trinajstić information content (AvgIpc) is 3.26. The second-order valence-corrected chi connectivity index (χ2v) is 7.23. The summed E-state index contributed by atoms with van der Waals surface area (Å²) in [7, 11) is 0. The lowest BCUT2D eigenvalue weighted by Gasteiger charge is -2.32. The molecule has 0 saturated heterocycles. The van der Waals surface area contributed by atoms with Gasteiger partial charge in [0.25, 0.3) is 0 Å². The highest BCUT2D eigenvalue weighted by molar-refractivity contribution is 4.84. The molecule has 0 spiro atoms. The van der Waals surface area contributed by atoms with Gasteiger partial charge in [0.1, 0.15) is 0 Å². The summed E-state index contributed by atoms with van der Waals surface area (Å²) in [4.78, 5) is 2.82. The Morgan fingerprint density at radius 2 is 0.944 bits per heavy atom. The van der Waals surface area contributed by atoms with Gasteiger partial charge < -0.3 is 10.6 Å². The normalized spacial score (nSPS) is 33.0. The van der Waals surface area contributed by atoms with E-state index < -0.39 is 0 Å². The number of rotatable bonds is 7. The lowest BCUT2D eigenvalue weighted by Crippen LogP contribution is -2.35. The van der Waals surface area contributed by atoms with Crippen molar-refractivity contribution in [2.45, 2.75) is 51.4 Å². The third-order valence-corrected chi connectivity index (χ3v) is 5.24. The summed E-state index contributed by atoms with van der Waals surface area (Å²) in [6.07, 6.45) is 11.7. The Labute approximate surface area is 112 Å². The van der Waals surface area contributed by atoms with E-state index in [2.05, 4.69) is 4.90 Å². The minimum atomic E-state index is 0.835. The second kappa shape index (κ2) is 5.92. The van der Waals surface area contributed by atoms with Crippen LogP contribution in [0.15, 0.2) is 0 Å². The third-order valence-electron chi connectivity index (χ3n) is 5.24. The topological polar surface area (TPSA) is 29.3 Å². The van der Waals surface area contributed by atoms with Crippen molar-refractivity contribution in [1.82, 2.24) is 4.90 Å². The van der Waals surface area contributed by atoms with E-state index in [0.717, 1.165) is 30.2 Å². The molecule has 3 fully saturated rings. The van der Waals surface area contributed by atoms with Crippen LogP contribution in [0.25, 0.3) is 0 Å². The predicted octanol–water partition coefficient (Wildman–Crippen LogP) is 2.87. The fourth-order valence-electron chi connectivity index (χ4n) is 3.57. The molecule has 104 valence electrons. The van der Waals surface area contributed by atoms with Gasteiger partial charge in [0.15, 0.2) is 0 Å². The summed E-state index contributed by atoms with van der Waals surface area (Å²) in [5.74, 6) is 3.93. The molecular weight excluding hydrogens is 220 g/mol. The first-order valence-corrected chi connectivity index (χ1v) is 8.26. The molecule has 0 aliphatic heterocycles. The average molecular weight is 250 g/mol. The van der Waals surface area contributed by atoms with Crippen LogP contribution in [-0.2, 0) is 0 Å². The zero-order chi connectivity index (χ0) is 12.4. The van der Waals surface area contributed by atoms with E-state index in [1.165, 1.54) is 71.0 Å². The summed E-state index contributed by atoms with van der Waals surface area (Å²) >= 11 is 0. The molecule has 0 aromatic rings. The van der Waals surface area contributed by atoms with Gasteiger partial charge in [-0.15, -0.1) is 0 Å². The van der Waals surface area contributed by atoms with Crippen molar-refractivity contribution in [2.75, 3.05) is 26.2 Å². The van der Waals surface area contributed by atoms with E-state index in [1.54, 1.807) is 0 Å². The maximum absolute atomic E-state index is 5.79. The Bertz CT molecular complexity index is 236. The molecule has 0 radical (unpaired) electrons. The molecule has 2 heteroatoms. The van der Waals surface area contributed by atoms with Crippen LogP contribution in [0.3, 0.4) is 0 Å². The molecule has 0 atom stereocenters. The summed E-state index contributed by atoms with van der Waals surface area (Å²) in [5, 5.41) is 0. The molecule has 0 amide bonds. The molecule has 3 aliphatic carbocycles. The van der Waals surface area contributed by atoms with E-state index in [4.69, 9.17) is 5.73 Å². The van der Waals surface area contributed by atoms with Crippen molar-refractivity contribution < 1.29 is 0 Å². The summed E-state index contributed by atoms with van der Waals surface area (Å²) in [6.45, 7) is 5.13. The Balaban J connectivity index is 1.42. The van der Waals surface area contributed by atoms with Crippen molar-refractivity contribution in [3.8, 4) is 0 Å². The largest absolute Gasteiger partial charge is 0.330 e. The first-order valence-electron chi connectivity index (χ1n) is 8.26. The Kier molecular flexibility index (Phi) is 4.25. The number of nitrogens with two attached hydrogens (primary N) is 1. The molecular formula is C16H30N2. The van der Waals surface area contributed by atoms with E-state index in [9.17, 15) is 0 Å². The summed E-state index contributed by atoms with van der Waals surface area (Å²) < 4.78 is 0. The molecule has 0 heterocycles. The number of hydrogen-bond acceptors (Lipinski definition) is 2. The summed E-state index contributed by atoms with van der Waals surface area (Å²) in [6, 6.07) is 0. The first kappa shape index (κ1) is 12.9. The Morgan fingerprint density at radius 1 is 0.611 bits per heavy atom. The maximum Gasteiger partial charge on any atom is 0.000989 e. The maximum atomic E-state index is 5.79. The van der Waals surface area contributed by atoms with Crippen LogP contribution in [0.2, 0.25) is 0 Å². The van der Waals surface area contributed by atoms with Crippen LogP contribution in [0.5, 0.6) is 0 Å². The highest BCUT2D eigenvalue weighted by Crippen LogP contribution is 2.35. The SMILES string of the molecule is NCC1CCC(CN(CC2CC2)CC2CC2)CC1. The zero-order valence-corrected chi connectivity index (χ0v) is 11.8. The molecule has 3 aliphatic rings. The van der Waals surface area contributed by atoms with Gasteiger partial charge in [-0.1, -0.05) is 0 Å². The third kappa shape index (κ3) is 3.96. The molecule has 18 heavy (non-hydrogen) atoms. The smallest absolute Gasteiger partial charge is 0.000989 e. The van der Waals surface area contributed by atoms with Crippen molar-refractivity contribution in [3.63, 3.8) is 0 Å². The Hall–Kier alpha value is -0.0800. The van der Waals surface area contributed by atoms with Gasteiger partial charge in [0, 0.05) is 19.6 Å². The minimum absolute atomic E-state index is 0.835. The van der Waals surface area contributed by atoms with E-state index >= 15 is 0 Å². The summed E-state index contributed by atoms with van der Waals surface area (Å²) in [5.41, 5.74) is 5.79. The van der Waals surface area contributed by atoms with Crippen LogP contribution < -0.4 is 5.73 Å². The quantitative estimate of drug-likeness (QED) is 0.753. The second-order valence-electron chi connectivity index (χ2n) is 7.23. The fraction of sp³-hybridized carbons (Fsp3) is 1.00. The van der Waals surface area contributed by atoms with Gasteiger partial charge in [-0.3, -0.25) is 0 Å². The van der Waals surface area contributed by atoms with E-state index in [1.807, 2.05) is 0 Å². The van der Waals surface area contributed by atoms with E-state index in [-0.39, 0.29) is 0 Å². The van der Waals surface area contributed by atoms with Crippen LogP contribution in [0.4, 0.5) is 0 Å². The molecule has 2 N–H and O–H groups in total. The molecule has 0 aromatic heterocycles. The van der Waals surface area contributed by atoms with Crippen LogP contribution in [0.1, 0.15) is 51.4 Å². The standard InChI is InChI=1S/C16H30N2/c17-9-13-1-3-14(4-2-13)10-18(11-15-5-6-15)12-16-7-8-16/h13-16H,1-12,17H2. The molecule has 3 saturated carbocycles. The van der Waals surface area contributed by atoms with Crippen molar-refractivity contribution in [3.05, 3.63) is 0 Å². The van der Waals surface area contributed by atoms with Gasteiger partial charge in [-0.05, 0) is 81.6 Å². The van der Waals surface area contributed by atoms with Gasteiger partial charge in [-0.2, -0.15) is 0 Å². The predicted molar refractivity (Wildman–Crippen MR) is 76.4 cm³/mol. The monoisotopic (exact) mass is 250 g/mol. The number of nitrogens with zero attached hydrogens (tertiary/aromatic N) is 1. The van der Waals surface area contributed by atoms with Crippen LogP contribution >= 0.6 is 0 Å². The molecule has 0 unspecified atom stereocenters. The van der Waals surface area contributed by atoms with Gasteiger partial charge >= 0.3 is 0 Å². The number of hydrogen-bond donors (Lipinski definition) is 1. The van der Waals surface area contributed by atoms with Crippen LogP contribution in [0, 0.1) is 23.7 Å². The van der Waals surface area contributed by atoms with Crippen molar-refractivity contribution in [2.24, 2.45) is 29.4 Å². The fourth-order valence-corrected chi connectivity index (χ4v) is 3.57. The van der Waals surface area contributed by atoms with E-state index in [0.29, 0.717) is 0 Å². The Morgan fingerprint density at radius 3 is 1.28 bits per heavy atom. The zero-order valence-electron chi connectivity index (χ0n) is 11.8. The first-order chi connectivity index (χ1) is 8.83. The lowest BCUT2D eigenvalue weighted by atomic mass is 9.82. The molecule has 0 aromatic carbocycles. The molecule has 0 bridgehead atoms. The minimum Gasteiger partial charge on any atom is -0.330 e. The van der Waals surface area contributed by atoms with Crippen molar-refractivity contribution in [1.29, 1.82) is 0 Å². The van der Waals surface area contributed by atoms with Gasteiger partial charge in [-0.25, -0.2) is 0 Å². The lowest BCUT2D eigenvalue weighted by molar-refractivity contribution is 0.171. The van der Waals surface area contributed by atoms with Crippen LogP contribution in [-0.4, -0.2) is 31.1 Å².